The van der Waals surface area contributed by atoms with Gasteiger partial charge in [-0.15, -0.1) is 4.84 Å². The van der Waals surface area contributed by atoms with Crippen molar-refractivity contribution in [2.45, 2.75) is 6.92 Å². The van der Waals surface area contributed by atoms with E-state index in [0.717, 1.165) is 9.95 Å². The molecule has 0 aromatic carbocycles. The van der Waals surface area contributed by atoms with E-state index in [4.69, 9.17) is 9.68 Å². The first-order valence-electron chi connectivity index (χ1n) is 3.27. The van der Waals surface area contributed by atoms with Crippen LogP contribution < -0.4 is 5.32 Å². The molecule has 0 fully saturated rings. The quantitative estimate of drug-likeness (QED) is 0.302. The third-order valence-electron chi connectivity index (χ3n) is 1.09. The largest absolute Gasteiger partial charge is 0.481 e. The summed E-state index contributed by atoms with van der Waals surface area (Å²) < 4.78 is 0. The van der Waals surface area contributed by atoms with Crippen LogP contribution >= 0.6 is 11.8 Å². The standard InChI is InChI=1S/C6H12N2O3S/c1-5(12-4)8(10-3)11-6(9)7-2/h1-4H3/p+1. The van der Waals surface area contributed by atoms with Gasteiger partial charge in [-0.25, -0.2) is 9.63 Å². The maximum Gasteiger partial charge on any atom is 0.481 e. The third-order valence-corrected chi connectivity index (χ3v) is 1.83. The number of nitrogens with one attached hydrogen (secondary N) is 1. The average Bonchev–Trinajstić information content (AvgIpc) is 2.12. The van der Waals surface area contributed by atoms with Crippen LogP contribution in [0.25, 0.3) is 0 Å². The van der Waals surface area contributed by atoms with Crippen LogP contribution in [-0.4, -0.2) is 36.5 Å². The van der Waals surface area contributed by atoms with Gasteiger partial charge in [0.15, 0.2) is 7.11 Å². The van der Waals surface area contributed by atoms with Gasteiger partial charge < -0.3 is 5.32 Å². The Bertz CT molecular complexity index is 193. The first-order chi connectivity index (χ1) is 5.65. The molecule has 0 radical (unpaired) electrons. The van der Waals surface area contributed by atoms with Crippen molar-refractivity contribution in [3.63, 3.8) is 0 Å². The molecule has 1 amide bonds. The SMILES string of the molecule is CNC(=O)O[N+](OC)=C(C)SC. The molecule has 0 saturated heterocycles. The van der Waals surface area contributed by atoms with Gasteiger partial charge in [-0.3, -0.25) is 0 Å². The summed E-state index contributed by atoms with van der Waals surface area (Å²) in [5, 5.41) is 3.04. The van der Waals surface area contributed by atoms with Crippen LogP contribution in [0.2, 0.25) is 0 Å². The van der Waals surface area contributed by atoms with Crippen LogP contribution in [0.4, 0.5) is 4.79 Å². The zero-order chi connectivity index (χ0) is 9.56. The van der Waals surface area contributed by atoms with Crippen LogP contribution in [-0.2, 0) is 9.68 Å². The Labute approximate surface area is 75.6 Å². The summed E-state index contributed by atoms with van der Waals surface area (Å²) in [5.74, 6) is 0. The minimum atomic E-state index is -0.565. The molecule has 1 N–H and O–H groups in total. The number of hydrogen-bond donors (Lipinski definition) is 1. The van der Waals surface area contributed by atoms with Crippen LogP contribution in [0.3, 0.4) is 0 Å². The van der Waals surface area contributed by atoms with E-state index in [1.165, 1.54) is 25.9 Å². The predicted octanol–water partition coefficient (Wildman–Crippen LogP) is 0.613. The summed E-state index contributed by atoms with van der Waals surface area (Å²) in [6, 6.07) is 0. The van der Waals surface area contributed by atoms with Crippen molar-refractivity contribution in [1.82, 2.24) is 5.32 Å². The lowest BCUT2D eigenvalue weighted by Gasteiger charge is -1.97. The summed E-state index contributed by atoms with van der Waals surface area (Å²) in [5.41, 5.74) is 0. The van der Waals surface area contributed by atoms with Crippen molar-refractivity contribution in [3.8, 4) is 0 Å². The van der Waals surface area contributed by atoms with Crippen molar-refractivity contribution in [3.05, 3.63) is 0 Å². The number of hydrogen-bond acceptors (Lipinski definition) is 4. The molecule has 0 saturated carbocycles. The van der Waals surface area contributed by atoms with E-state index >= 15 is 0 Å². The van der Waals surface area contributed by atoms with Gasteiger partial charge in [0.2, 0.25) is 4.90 Å². The van der Waals surface area contributed by atoms with E-state index in [1.807, 2.05) is 6.26 Å². The molecule has 0 aromatic heterocycles. The summed E-state index contributed by atoms with van der Waals surface area (Å²) in [4.78, 5) is 21.2. The fourth-order valence-electron chi connectivity index (χ4n) is 0.426. The Balaban J connectivity index is 4.26. The van der Waals surface area contributed by atoms with E-state index < -0.39 is 6.09 Å². The molecule has 0 spiro atoms. The Morgan fingerprint density at radius 2 is 2.17 bits per heavy atom. The lowest BCUT2D eigenvalue weighted by Crippen LogP contribution is -2.27. The van der Waals surface area contributed by atoms with Gasteiger partial charge in [-0.1, -0.05) is 11.8 Å². The number of rotatable bonds is 2. The summed E-state index contributed by atoms with van der Waals surface area (Å²) in [7, 11) is 2.90. The normalized spacial score (nSPS) is 11.7. The van der Waals surface area contributed by atoms with Crippen LogP contribution in [0.5, 0.6) is 0 Å². The molecule has 0 bridgehead atoms. The van der Waals surface area contributed by atoms with E-state index in [1.54, 1.807) is 6.92 Å². The number of amides is 1. The number of carbonyl (C=O) groups excluding carboxylic acids is 1. The molecule has 0 rings (SSSR count). The maximum atomic E-state index is 10.7. The van der Waals surface area contributed by atoms with E-state index in [-0.39, 0.29) is 0 Å². The zero-order valence-corrected chi connectivity index (χ0v) is 8.40. The Morgan fingerprint density at radius 3 is 2.50 bits per heavy atom. The van der Waals surface area contributed by atoms with Gasteiger partial charge in [0.1, 0.15) is 0 Å². The molecule has 70 valence electrons. The van der Waals surface area contributed by atoms with Crippen molar-refractivity contribution in [2.75, 3.05) is 20.4 Å². The lowest BCUT2D eigenvalue weighted by atomic mass is 10.9. The third kappa shape index (κ3) is 3.47. The second-order valence-electron chi connectivity index (χ2n) is 1.79. The highest BCUT2D eigenvalue weighted by molar-refractivity contribution is 8.13. The fraction of sp³-hybridized carbons (Fsp3) is 0.667. The topological polar surface area (TPSA) is 50.6 Å². The second kappa shape index (κ2) is 5.70. The number of carbonyl (C=O) groups is 1. The summed E-state index contributed by atoms with van der Waals surface area (Å²) in [6.07, 6.45) is 1.29. The molecule has 0 atom stereocenters. The van der Waals surface area contributed by atoms with Gasteiger partial charge in [-0.05, 0) is 6.26 Å². The van der Waals surface area contributed by atoms with Gasteiger partial charge in [-0.2, -0.15) is 0 Å². The summed E-state index contributed by atoms with van der Waals surface area (Å²) >= 11 is 1.42. The highest BCUT2D eigenvalue weighted by Crippen LogP contribution is 1.97. The predicted molar refractivity (Wildman–Crippen MR) is 47.0 cm³/mol. The Kier molecular flexibility index (Phi) is 5.27. The molecule has 0 aliphatic heterocycles. The average molecular weight is 193 g/mol. The molecule has 0 aromatic rings. The van der Waals surface area contributed by atoms with Crippen molar-refractivity contribution in [1.29, 1.82) is 0 Å². The molecule has 0 aliphatic rings. The monoisotopic (exact) mass is 193 g/mol. The molecule has 5 nitrogen and oxygen atoms in total. The molecular weight excluding hydrogens is 180 g/mol. The Morgan fingerprint density at radius 1 is 1.58 bits per heavy atom. The van der Waals surface area contributed by atoms with Crippen LogP contribution in [0.1, 0.15) is 6.92 Å². The molecule has 0 aliphatic carbocycles. The highest BCUT2D eigenvalue weighted by atomic mass is 32.2. The van der Waals surface area contributed by atoms with E-state index in [9.17, 15) is 4.79 Å². The minimum absolute atomic E-state index is 0.565. The molecular formula is C6H13N2O3S+. The Hall–Kier alpha value is -0.910. The van der Waals surface area contributed by atoms with Crippen molar-refractivity contribution in [2.24, 2.45) is 0 Å². The van der Waals surface area contributed by atoms with E-state index in [0.29, 0.717) is 0 Å². The fourth-order valence-corrected chi connectivity index (χ4v) is 0.686. The highest BCUT2D eigenvalue weighted by Gasteiger charge is 2.17. The second-order valence-corrected chi connectivity index (χ2v) is 2.79. The molecule has 0 unspecified atom stereocenters. The zero-order valence-electron chi connectivity index (χ0n) is 7.58. The maximum absolute atomic E-state index is 10.7. The molecule has 0 heterocycles. The minimum Gasteiger partial charge on any atom is -0.319 e. The van der Waals surface area contributed by atoms with Gasteiger partial charge in [0.25, 0.3) is 0 Å². The summed E-state index contributed by atoms with van der Waals surface area (Å²) in [6.45, 7) is 1.77. The van der Waals surface area contributed by atoms with Crippen LogP contribution in [0, 0.1) is 0 Å². The van der Waals surface area contributed by atoms with Gasteiger partial charge >= 0.3 is 11.1 Å². The van der Waals surface area contributed by atoms with Gasteiger partial charge in [0, 0.05) is 14.0 Å². The number of thioether (sulfide) groups is 1. The molecule has 12 heavy (non-hydrogen) atoms. The number of nitrogens with zero attached hydrogens (tertiary/aromatic N) is 1. The first-order valence-corrected chi connectivity index (χ1v) is 4.49. The van der Waals surface area contributed by atoms with Crippen molar-refractivity contribution >= 4 is 22.9 Å². The smallest absolute Gasteiger partial charge is 0.319 e. The van der Waals surface area contributed by atoms with Gasteiger partial charge in [0.05, 0.1) is 0 Å². The molecule has 6 heteroatoms. The van der Waals surface area contributed by atoms with Crippen molar-refractivity contribution < 1.29 is 19.4 Å². The van der Waals surface area contributed by atoms with E-state index in [2.05, 4.69) is 5.32 Å². The first kappa shape index (κ1) is 11.1. The lowest BCUT2D eigenvalue weighted by molar-refractivity contribution is -0.943. The van der Waals surface area contributed by atoms with Crippen LogP contribution in [0.15, 0.2) is 0 Å².